The third-order valence-electron chi connectivity index (χ3n) is 4.76. The first-order valence-electron chi connectivity index (χ1n) is 8.90. The lowest BCUT2D eigenvalue weighted by Crippen LogP contribution is -2.35. The third kappa shape index (κ3) is 3.18. The summed E-state index contributed by atoms with van der Waals surface area (Å²) in [4.78, 5) is 19.2. The first kappa shape index (κ1) is 16.3. The Hall–Kier alpha value is -3.14. The molecule has 1 aromatic heterocycles. The Morgan fingerprint density at radius 3 is 2.77 bits per heavy atom. The monoisotopic (exact) mass is 343 g/mol. The van der Waals surface area contributed by atoms with Gasteiger partial charge in [0.25, 0.3) is 5.91 Å². The maximum atomic E-state index is 13.1. The van der Waals surface area contributed by atoms with E-state index in [2.05, 4.69) is 29.4 Å². The van der Waals surface area contributed by atoms with Crippen molar-refractivity contribution in [1.29, 1.82) is 0 Å². The van der Waals surface area contributed by atoms with Gasteiger partial charge in [0.1, 0.15) is 0 Å². The summed E-state index contributed by atoms with van der Waals surface area (Å²) in [6, 6.07) is 18.1. The second-order valence-corrected chi connectivity index (χ2v) is 6.59. The summed E-state index contributed by atoms with van der Waals surface area (Å²) in [6.07, 6.45) is 5.39. The van der Waals surface area contributed by atoms with Crippen molar-refractivity contribution < 1.29 is 4.79 Å². The number of carbonyl (C=O) groups excluding carboxylic acids is 1. The number of hydrogen-bond acceptors (Lipinski definition) is 3. The number of amides is 1. The summed E-state index contributed by atoms with van der Waals surface area (Å²) in [7, 11) is 0. The Kier molecular flexibility index (Phi) is 4.40. The molecule has 0 spiro atoms. The minimum atomic E-state index is -0.00177. The maximum Gasteiger partial charge on any atom is 0.259 e. The Morgan fingerprint density at radius 2 is 1.88 bits per heavy atom. The zero-order chi connectivity index (χ0) is 17.9. The number of rotatable bonds is 3. The molecular weight excluding hydrogens is 322 g/mol. The van der Waals surface area contributed by atoms with Crippen LogP contribution in [0.25, 0.3) is 0 Å². The van der Waals surface area contributed by atoms with Crippen molar-refractivity contribution in [2.45, 2.75) is 19.8 Å². The number of benzene rings is 2. The van der Waals surface area contributed by atoms with Crippen LogP contribution in [0.4, 0.5) is 17.1 Å². The van der Waals surface area contributed by atoms with E-state index in [0.717, 1.165) is 42.0 Å². The second kappa shape index (κ2) is 7.00. The molecule has 4 rings (SSSR count). The van der Waals surface area contributed by atoms with Crippen LogP contribution in [-0.4, -0.2) is 17.4 Å². The van der Waals surface area contributed by atoms with Gasteiger partial charge in [0.2, 0.25) is 0 Å². The number of aryl methyl sites for hydroxylation is 2. The minimum Gasteiger partial charge on any atom is -0.354 e. The molecule has 4 nitrogen and oxygen atoms in total. The molecule has 2 heterocycles. The molecule has 0 unspecified atom stereocenters. The molecule has 0 bridgehead atoms. The lowest BCUT2D eigenvalue weighted by molar-refractivity contribution is 0.0985. The van der Waals surface area contributed by atoms with Gasteiger partial charge < -0.3 is 10.2 Å². The topological polar surface area (TPSA) is 45.2 Å². The Bertz CT molecular complexity index is 951. The molecule has 0 atom stereocenters. The van der Waals surface area contributed by atoms with E-state index in [4.69, 9.17) is 0 Å². The van der Waals surface area contributed by atoms with Crippen LogP contribution in [0.2, 0.25) is 0 Å². The normalized spacial score (nSPS) is 13.2. The van der Waals surface area contributed by atoms with Crippen molar-refractivity contribution in [1.82, 2.24) is 4.98 Å². The van der Waals surface area contributed by atoms with Crippen LogP contribution in [0.5, 0.6) is 0 Å². The van der Waals surface area contributed by atoms with Gasteiger partial charge in [-0.15, -0.1) is 0 Å². The molecule has 2 aromatic carbocycles. The zero-order valence-electron chi connectivity index (χ0n) is 14.8. The van der Waals surface area contributed by atoms with E-state index in [-0.39, 0.29) is 5.91 Å². The number of anilines is 3. The Labute approximate surface area is 153 Å². The fourth-order valence-corrected chi connectivity index (χ4v) is 3.39. The molecule has 0 fully saturated rings. The van der Waals surface area contributed by atoms with Crippen molar-refractivity contribution in [3.63, 3.8) is 0 Å². The lowest BCUT2D eigenvalue weighted by Gasteiger charge is -2.29. The van der Waals surface area contributed by atoms with Crippen molar-refractivity contribution >= 4 is 23.0 Å². The smallest absolute Gasteiger partial charge is 0.259 e. The fourth-order valence-electron chi connectivity index (χ4n) is 3.39. The third-order valence-corrected chi connectivity index (χ3v) is 4.76. The van der Waals surface area contributed by atoms with Gasteiger partial charge >= 0.3 is 0 Å². The molecule has 0 aliphatic carbocycles. The average Bonchev–Trinajstić information content (AvgIpc) is 2.69. The van der Waals surface area contributed by atoms with E-state index in [1.165, 1.54) is 5.56 Å². The van der Waals surface area contributed by atoms with E-state index in [0.29, 0.717) is 5.56 Å². The number of pyridine rings is 1. The molecule has 1 aliphatic heterocycles. The molecule has 0 saturated heterocycles. The summed E-state index contributed by atoms with van der Waals surface area (Å²) >= 11 is 0. The van der Waals surface area contributed by atoms with Gasteiger partial charge in [0.15, 0.2) is 0 Å². The van der Waals surface area contributed by atoms with E-state index in [1.54, 1.807) is 12.4 Å². The summed E-state index contributed by atoms with van der Waals surface area (Å²) in [5, 5.41) is 3.36. The van der Waals surface area contributed by atoms with Gasteiger partial charge in [-0.05, 0) is 49.1 Å². The van der Waals surface area contributed by atoms with Gasteiger partial charge in [-0.1, -0.05) is 36.4 Å². The highest BCUT2D eigenvalue weighted by atomic mass is 16.2. The quantitative estimate of drug-likeness (QED) is 0.748. The number of carbonyl (C=O) groups is 1. The molecule has 3 aromatic rings. The van der Waals surface area contributed by atoms with Crippen LogP contribution >= 0.6 is 0 Å². The number of hydrogen-bond donors (Lipinski definition) is 1. The molecule has 26 heavy (non-hydrogen) atoms. The molecule has 0 saturated carbocycles. The van der Waals surface area contributed by atoms with Crippen LogP contribution in [-0.2, 0) is 6.42 Å². The fraction of sp³-hybridized carbons (Fsp3) is 0.182. The van der Waals surface area contributed by atoms with Crippen LogP contribution in [0.15, 0.2) is 67.0 Å². The summed E-state index contributed by atoms with van der Waals surface area (Å²) in [5.41, 5.74) is 5.82. The van der Waals surface area contributed by atoms with Gasteiger partial charge in [0, 0.05) is 24.1 Å². The maximum absolute atomic E-state index is 13.1. The molecular formula is C22H21N3O. The minimum absolute atomic E-state index is 0.00177. The molecule has 4 heteroatoms. The van der Waals surface area contributed by atoms with Crippen LogP contribution < -0.4 is 10.2 Å². The first-order chi connectivity index (χ1) is 12.7. The molecule has 1 N–H and O–H groups in total. The predicted octanol–water partition coefficient (Wildman–Crippen LogP) is 4.73. The predicted molar refractivity (Wildman–Crippen MR) is 105 cm³/mol. The number of aromatic nitrogens is 1. The van der Waals surface area contributed by atoms with Crippen molar-refractivity contribution in [2.75, 3.05) is 16.8 Å². The van der Waals surface area contributed by atoms with E-state index in [1.807, 2.05) is 47.4 Å². The Morgan fingerprint density at radius 1 is 1.08 bits per heavy atom. The van der Waals surface area contributed by atoms with Crippen molar-refractivity contribution in [3.8, 4) is 0 Å². The van der Waals surface area contributed by atoms with Gasteiger partial charge in [-0.2, -0.15) is 0 Å². The largest absolute Gasteiger partial charge is 0.354 e. The summed E-state index contributed by atoms with van der Waals surface area (Å²) in [5.74, 6) is -0.00177. The van der Waals surface area contributed by atoms with Gasteiger partial charge in [0.05, 0.1) is 17.4 Å². The Balaban J connectivity index is 1.61. The zero-order valence-corrected chi connectivity index (χ0v) is 14.8. The van der Waals surface area contributed by atoms with E-state index < -0.39 is 0 Å². The second-order valence-electron chi connectivity index (χ2n) is 6.59. The molecule has 130 valence electrons. The highest BCUT2D eigenvalue weighted by Crippen LogP contribution is 2.28. The number of para-hydroxylation sites is 2. The molecule has 1 aliphatic rings. The van der Waals surface area contributed by atoms with Crippen LogP contribution in [0, 0.1) is 6.92 Å². The standard InChI is InChI=1S/C22H21N3O/c1-16-7-2-4-10-20(16)24-19-13-18(14-23-15-19)22(26)25-12-6-9-17-8-3-5-11-21(17)25/h2-5,7-8,10-11,13-15,24H,6,9,12H2,1H3. The van der Waals surface area contributed by atoms with Crippen LogP contribution in [0.3, 0.4) is 0 Å². The van der Waals surface area contributed by atoms with Crippen LogP contribution in [0.1, 0.15) is 27.9 Å². The number of fused-ring (bicyclic) bond motifs is 1. The van der Waals surface area contributed by atoms with Crippen molar-refractivity contribution in [2.24, 2.45) is 0 Å². The number of nitrogens with zero attached hydrogens (tertiary/aromatic N) is 2. The van der Waals surface area contributed by atoms with E-state index in [9.17, 15) is 4.79 Å². The average molecular weight is 343 g/mol. The molecule has 1 amide bonds. The SMILES string of the molecule is Cc1ccccc1Nc1cncc(C(=O)N2CCCc3ccccc32)c1. The molecule has 0 radical (unpaired) electrons. The number of nitrogens with one attached hydrogen (secondary N) is 1. The summed E-state index contributed by atoms with van der Waals surface area (Å²) in [6.45, 7) is 2.79. The van der Waals surface area contributed by atoms with E-state index >= 15 is 0 Å². The van der Waals surface area contributed by atoms with Gasteiger partial charge in [-0.3, -0.25) is 9.78 Å². The first-order valence-corrected chi connectivity index (χ1v) is 8.90. The summed E-state index contributed by atoms with van der Waals surface area (Å²) < 4.78 is 0. The highest BCUT2D eigenvalue weighted by molar-refractivity contribution is 6.07. The van der Waals surface area contributed by atoms with Crippen molar-refractivity contribution in [3.05, 3.63) is 83.7 Å². The highest BCUT2D eigenvalue weighted by Gasteiger charge is 2.23. The lowest BCUT2D eigenvalue weighted by atomic mass is 10.0. The van der Waals surface area contributed by atoms with Gasteiger partial charge in [-0.25, -0.2) is 0 Å².